The maximum atomic E-state index is 12.8. The number of carbonyl (C=O) groups is 1. The summed E-state index contributed by atoms with van der Waals surface area (Å²) in [6.07, 6.45) is 6.26. The maximum Gasteiger partial charge on any atom is 0.274 e. The quantitative estimate of drug-likeness (QED) is 0.894. The minimum absolute atomic E-state index is 0.00136. The topological polar surface area (TPSA) is 61.9 Å². The molecule has 0 aromatic carbocycles. The highest BCUT2D eigenvalue weighted by molar-refractivity contribution is 7.11. The first-order valence-electron chi connectivity index (χ1n) is 8.73. The molecule has 130 valence electrons. The van der Waals surface area contributed by atoms with E-state index in [2.05, 4.69) is 15.2 Å². The summed E-state index contributed by atoms with van der Waals surface area (Å²) in [7, 11) is 1.84. The number of nitrogens with zero attached hydrogens (tertiary/aromatic N) is 3. The highest BCUT2D eigenvalue weighted by Crippen LogP contribution is 2.32. The van der Waals surface area contributed by atoms with E-state index in [1.165, 1.54) is 32.1 Å². The van der Waals surface area contributed by atoms with Gasteiger partial charge in [-0.1, -0.05) is 19.3 Å². The van der Waals surface area contributed by atoms with E-state index in [0.717, 1.165) is 21.3 Å². The van der Waals surface area contributed by atoms with Crippen molar-refractivity contribution in [1.82, 2.24) is 20.1 Å². The molecule has 6 heteroatoms. The molecule has 1 fully saturated rings. The van der Waals surface area contributed by atoms with Crippen molar-refractivity contribution in [2.45, 2.75) is 64.8 Å². The lowest BCUT2D eigenvalue weighted by molar-refractivity contribution is 0.0738. The predicted molar refractivity (Wildman–Crippen MR) is 96.5 cm³/mol. The molecule has 24 heavy (non-hydrogen) atoms. The molecule has 0 saturated heterocycles. The minimum Gasteiger partial charge on any atom is -0.333 e. The Hall–Kier alpha value is -1.69. The fourth-order valence-corrected chi connectivity index (χ4v) is 4.56. The van der Waals surface area contributed by atoms with E-state index in [9.17, 15) is 4.79 Å². The van der Waals surface area contributed by atoms with Gasteiger partial charge in [0.2, 0.25) is 0 Å². The highest BCUT2D eigenvalue weighted by Gasteiger charge is 2.25. The van der Waals surface area contributed by atoms with Crippen molar-refractivity contribution < 1.29 is 4.79 Å². The Kier molecular flexibility index (Phi) is 5.04. The number of aryl methyl sites for hydroxylation is 2. The van der Waals surface area contributed by atoms with E-state index < -0.39 is 0 Å². The second kappa shape index (κ2) is 7.05. The number of nitrogens with one attached hydrogen (secondary N) is 1. The summed E-state index contributed by atoms with van der Waals surface area (Å²) in [6.45, 7) is 6.05. The van der Waals surface area contributed by atoms with Crippen LogP contribution in [0.25, 0.3) is 0 Å². The van der Waals surface area contributed by atoms with Crippen LogP contribution >= 0.6 is 11.3 Å². The SMILES string of the molecule is Cc1nc(C)c(C(C)N(C)C(=O)c2cc(C3CCCCC3)[nH]n2)s1. The van der Waals surface area contributed by atoms with Gasteiger partial charge in [0.25, 0.3) is 5.91 Å². The predicted octanol–water partition coefficient (Wildman–Crippen LogP) is 4.36. The molecule has 2 aromatic rings. The van der Waals surface area contributed by atoms with Crippen LogP contribution in [0.5, 0.6) is 0 Å². The van der Waals surface area contributed by atoms with Crippen LogP contribution in [0.4, 0.5) is 0 Å². The van der Waals surface area contributed by atoms with Crippen LogP contribution in [0.2, 0.25) is 0 Å². The number of hydrogen-bond acceptors (Lipinski definition) is 4. The summed E-state index contributed by atoms with van der Waals surface area (Å²) in [5, 5.41) is 8.42. The second-order valence-corrected chi connectivity index (χ2v) is 8.05. The summed E-state index contributed by atoms with van der Waals surface area (Å²) in [6, 6.07) is 1.95. The zero-order chi connectivity index (χ0) is 17.3. The fraction of sp³-hybridized carbons (Fsp3) is 0.611. The molecule has 0 spiro atoms. The molecule has 1 unspecified atom stereocenters. The van der Waals surface area contributed by atoms with Gasteiger partial charge in [-0.25, -0.2) is 4.98 Å². The highest BCUT2D eigenvalue weighted by atomic mass is 32.1. The van der Waals surface area contributed by atoms with Gasteiger partial charge in [0.05, 0.1) is 16.7 Å². The van der Waals surface area contributed by atoms with Gasteiger partial charge >= 0.3 is 0 Å². The fourth-order valence-electron chi connectivity index (χ4n) is 3.54. The molecule has 5 nitrogen and oxygen atoms in total. The Labute approximate surface area is 147 Å². The van der Waals surface area contributed by atoms with E-state index >= 15 is 0 Å². The third-order valence-electron chi connectivity index (χ3n) is 5.08. The van der Waals surface area contributed by atoms with E-state index in [4.69, 9.17) is 0 Å². The number of thiazole rings is 1. The van der Waals surface area contributed by atoms with Crippen LogP contribution in [-0.4, -0.2) is 33.0 Å². The summed E-state index contributed by atoms with van der Waals surface area (Å²) in [5.74, 6) is 0.494. The van der Waals surface area contributed by atoms with Crippen LogP contribution in [0.15, 0.2) is 6.07 Å². The summed E-state index contributed by atoms with van der Waals surface area (Å²) >= 11 is 1.66. The average molecular weight is 347 g/mol. The zero-order valence-electron chi connectivity index (χ0n) is 14.9. The lowest BCUT2D eigenvalue weighted by atomic mass is 9.87. The monoisotopic (exact) mass is 346 g/mol. The van der Waals surface area contributed by atoms with Gasteiger partial charge in [0.1, 0.15) is 5.69 Å². The molecule has 1 N–H and O–H groups in total. The molecule has 0 radical (unpaired) electrons. The summed E-state index contributed by atoms with van der Waals surface area (Å²) in [4.78, 5) is 20.2. The van der Waals surface area contributed by atoms with Crippen LogP contribution in [-0.2, 0) is 0 Å². The number of amides is 1. The molecule has 1 atom stereocenters. The number of H-pyrrole nitrogens is 1. The first-order chi connectivity index (χ1) is 11.5. The first kappa shape index (κ1) is 17.1. The van der Waals surface area contributed by atoms with Crippen molar-refractivity contribution in [2.75, 3.05) is 7.05 Å². The Morgan fingerprint density at radius 2 is 2.04 bits per heavy atom. The summed E-state index contributed by atoms with van der Waals surface area (Å²) < 4.78 is 0. The molecule has 0 aliphatic heterocycles. The molecule has 0 bridgehead atoms. The number of carbonyl (C=O) groups excluding carboxylic acids is 1. The molecule has 2 heterocycles. The van der Waals surface area contributed by atoms with Crippen molar-refractivity contribution in [3.05, 3.63) is 33.0 Å². The Morgan fingerprint density at radius 1 is 1.33 bits per heavy atom. The molecule has 1 amide bonds. The molecule has 1 saturated carbocycles. The van der Waals surface area contributed by atoms with Crippen LogP contribution in [0.1, 0.15) is 82.7 Å². The Balaban J connectivity index is 1.73. The summed E-state index contributed by atoms with van der Waals surface area (Å²) in [5.41, 5.74) is 2.64. The average Bonchev–Trinajstić information content (AvgIpc) is 3.20. The van der Waals surface area contributed by atoms with Gasteiger partial charge in [-0.2, -0.15) is 5.10 Å². The van der Waals surface area contributed by atoms with Gasteiger partial charge in [0.15, 0.2) is 0 Å². The van der Waals surface area contributed by atoms with E-state index in [0.29, 0.717) is 11.6 Å². The molecule has 2 aromatic heterocycles. The lowest BCUT2D eigenvalue weighted by Gasteiger charge is -2.23. The van der Waals surface area contributed by atoms with Crippen LogP contribution in [0.3, 0.4) is 0 Å². The van der Waals surface area contributed by atoms with E-state index in [-0.39, 0.29) is 11.9 Å². The first-order valence-corrected chi connectivity index (χ1v) is 9.55. The largest absolute Gasteiger partial charge is 0.333 e. The second-order valence-electron chi connectivity index (χ2n) is 6.82. The van der Waals surface area contributed by atoms with Crippen molar-refractivity contribution in [3.63, 3.8) is 0 Å². The molecular formula is C18H26N4OS. The van der Waals surface area contributed by atoms with Gasteiger partial charge < -0.3 is 4.90 Å². The standard InChI is InChI=1S/C18H26N4OS/c1-11-17(24-13(3)19-11)12(2)22(4)18(23)16-10-15(20-21-16)14-8-6-5-7-9-14/h10,12,14H,5-9H2,1-4H3,(H,20,21). The van der Waals surface area contributed by atoms with Gasteiger partial charge in [0, 0.05) is 23.5 Å². The van der Waals surface area contributed by atoms with Crippen molar-refractivity contribution in [2.24, 2.45) is 0 Å². The third-order valence-corrected chi connectivity index (χ3v) is 6.33. The molecular weight excluding hydrogens is 320 g/mol. The van der Waals surface area contributed by atoms with Crippen LogP contribution < -0.4 is 0 Å². The number of aromatic nitrogens is 3. The minimum atomic E-state index is -0.0359. The normalized spacial score (nSPS) is 17.0. The van der Waals surface area contributed by atoms with E-state index in [1.54, 1.807) is 16.2 Å². The van der Waals surface area contributed by atoms with Crippen molar-refractivity contribution >= 4 is 17.2 Å². The van der Waals surface area contributed by atoms with Crippen molar-refractivity contribution in [1.29, 1.82) is 0 Å². The van der Waals surface area contributed by atoms with Gasteiger partial charge in [-0.3, -0.25) is 9.89 Å². The van der Waals surface area contributed by atoms with Gasteiger partial charge in [-0.05, 0) is 39.7 Å². The smallest absolute Gasteiger partial charge is 0.274 e. The Morgan fingerprint density at radius 3 is 2.67 bits per heavy atom. The molecule has 3 rings (SSSR count). The van der Waals surface area contributed by atoms with Gasteiger partial charge in [-0.15, -0.1) is 11.3 Å². The lowest BCUT2D eigenvalue weighted by Crippen LogP contribution is -2.29. The third kappa shape index (κ3) is 3.38. The number of rotatable bonds is 4. The zero-order valence-corrected chi connectivity index (χ0v) is 15.7. The molecule has 1 aliphatic carbocycles. The van der Waals surface area contributed by atoms with Crippen molar-refractivity contribution in [3.8, 4) is 0 Å². The Bertz CT molecular complexity index is 714. The van der Waals surface area contributed by atoms with E-state index in [1.807, 2.05) is 33.9 Å². The number of hydrogen-bond donors (Lipinski definition) is 1. The van der Waals surface area contributed by atoms with Crippen LogP contribution in [0, 0.1) is 13.8 Å². The molecule has 1 aliphatic rings. The maximum absolute atomic E-state index is 12.8. The number of aromatic amines is 1.